The first kappa shape index (κ1) is 20.1. The minimum absolute atomic E-state index is 0.379. The van der Waals surface area contributed by atoms with Gasteiger partial charge in [0.25, 0.3) is 0 Å². The number of benzene rings is 1. The van der Waals surface area contributed by atoms with E-state index in [1.54, 1.807) is 20.8 Å². The Hall–Kier alpha value is -2.23. The maximum Gasteiger partial charge on any atom is 0.437 e. The van der Waals surface area contributed by atoms with Crippen LogP contribution in [0.4, 0.5) is 13.6 Å². The van der Waals surface area contributed by atoms with Crippen molar-refractivity contribution in [3.63, 3.8) is 0 Å². The van der Waals surface area contributed by atoms with Crippen LogP contribution in [-0.4, -0.2) is 43.2 Å². The summed E-state index contributed by atoms with van der Waals surface area (Å²) in [7, 11) is -2.81. The second-order valence-electron chi connectivity index (χ2n) is 7.19. The lowest BCUT2D eigenvalue weighted by molar-refractivity contribution is 0.0602. The van der Waals surface area contributed by atoms with Crippen molar-refractivity contribution >= 4 is 22.1 Å². The fraction of sp³-hybridized carbons (Fsp3) is 0.500. The lowest BCUT2D eigenvalue weighted by atomic mass is 9.93. The normalized spacial score (nSPS) is 24.3. The maximum absolute atomic E-state index is 14.2. The highest BCUT2D eigenvalue weighted by atomic mass is 32.2. The van der Waals surface area contributed by atoms with Gasteiger partial charge in [-0.1, -0.05) is 6.07 Å². The standard InChI is InChI=1S/C16H21F2N3O4S/c1-15(2,3)25-14(22)19-13-20-16(4,9-26(23,24)21(13)5)12-10(17)7-6-8-11(12)18/h6-8H,9H2,1-5H3,(H,19,20,22)/t16-/m0/s1. The molecule has 1 saturated heterocycles. The van der Waals surface area contributed by atoms with Crippen molar-refractivity contribution in [3.05, 3.63) is 35.4 Å². The number of guanidine groups is 1. The number of hydrogen-bond acceptors (Lipinski definition) is 4. The Morgan fingerprint density at radius 2 is 1.85 bits per heavy atom. The van der Waals surface area contributed by atoms with Gasteiger partial charge < -0.3 is 10.1 Å². The first-order chi connectivity index (χ1) is 11.8. The van der Waals surface area contributed by atoms with Gasteiger partial charge in [0.2, 0.25) is 16.0 Å². The lowest BCUT2D eigenvalue weighted by Crippen LogP contribution is -2.61. The van der Waals surface area contributed by atoms with E-state index in [-0.39, 0.29) is 5.96 Å². The predicted octanol–water partition coefficient (Wildman–Crippen LogP) is 2.34. The summed E-state index contributed by atoms with van der Waals surface area (Å²) in [6.07, 6.45) is -1.03. The second kappa shape index (κ2) is 6.49. The van der Waals surface area contributed by atoms with Crippen LogP contribution in [0.5, 0.6) is 0 Å². The van der Waals surface area contributed by atoms with Gasteiger partial charge in [0, 0.05) is 12.6 Å². The van der Waals surface area contributed by atoms with E-state index >= 15 is 0 Å². The first-order valence-electron chi connectivity index (χ1n) is 7.76. The van der Waals surface area contributed by atoms with E-state index in [2.05, 4.69) is 10.3 Å². The molecule has 0 aromatic heterocycles. The molecule has 1 aromatic carbocycles. The van der Waals surface area contributed by atoms with Crippen molar-refractivity contribution in [2.45, 2.75) is 38.8 Å². The number of nitrogens with one attached hydrogen (secondary N) is 1. The number of amides is 1. The van der Waals surface area contributed by atoms with Crippen LogP contribution in [-0.2, 0) is 20.3 Å². The molecule has 1 atom stereocenters. The summed E-state index contributed by atoms with van der Waals surface area (Å²) in [5.74, 6) is -2.81. The van der Waals surface area contributed by atoms with E-state index in [0.717, 1.165) is 16.4 Å². The molecule has 0 unspecified atom stereocenters. The third-order valence-corrected chi connectivity index (χ3v) is 5.63. The van der Waals surface area contributed by atoms with Crippen LogP contribution >= 0.6 is 0 Å². The zero-order valence-corrected chi connectivity index (χ0v) is 15.9. The summed E-state index contributed by atoms with van der Waals surface area (Å²) >= 11 is 0. The molecule has 1 N–H and O–H groups in total. The van der Waals surface area contributed by atoms with E-state index in [9.17, 15) is 22.0 Å². The van der Waals surface area contributed by atoms with Crippen molar-refractivity contribution in [3.8, 4) is 0 Å². The smallest absolute Gasteiger partial charge is 0.437 e. The summed E-state index contributed by atoms with van der Waals surface area (Å²) in [5, 5.41) is 2.67. The highest BCUT2D eigenvalue weighted by Gasteiger charge is 2.45. The number of sulfonamides is 1. The zero-order valence-electron chi connectivity index (χ0n) is 15.1. The number of aliphatic imine (C=N–C) groups is 1. The van der Waals surface area contributed by atoms with Gasteiger partial charge in [-0.05, 0) is 39.8 Å². The summed E-state index contributed by atoms with van der Waals surface area (Å²) in [4.78, 5) is 15.6. The molecule has 1 aliphatic rings. The third-order valence-electron chi connectivity index (χ3n) is 3.68. The molecular weight excluding hydrogens is 368 g/mol. The predicted molar refractivity (Wildman–Crippen MR) is 92.1 cm³/mol. The topological polar surface area (TPSA) is 88.1 Å². The van der Waals surface area contributed by atoms with E-state index in [1.807, 2.05) is 0 Å². The zero-order chi connectivity index (χ0) is 19.9. The molecule has 144 valence electrons. The molecular formula is C16H21F2N3O4S. The number of carbonyl (C=O) groups is 1. The number of ether oxygens (including phenoxy) is 1. The van der Waals surface area contributed by atoms with E-state index in [4.69, 9.17) is 4.74 Å². The van der Waals surface area contributed by atoms with E-state index in [1.165, 1.54) is 20.0 Å². The molecule has 0 aliphatic carbocycles. The van der Waals surface area contributed by atoms with Crippen LogP contribution in [0.3, 0.4) is 0 Å². The summed E-state index contributed by atoms with van der Waals surface area (Å²) in [6, 6.07) is 3.23. The van der Waals surface area contributed by atoms with Crippen molar-refractivity contribution < 1.29 is 26.7 Å². The van der Waals surface area contributed by atoms with E-state index in [0.29, 0.717) is 0 Å². The van der Waals surface area contributed by atoms with Crippen molar-refractivity contribution in [2.75, 3.05) is 12.8 Å². The van der Waals surface area contributed by atoms with Crippen LogP contribution in [0.15, 0.2) is 23.2 Å². The number of carbonyl (C=O) groups excluding carboxylic acids is 1. The van der Waals surface area contributed by atoms with Crippen molar-refractivity contribution in [1.29, 1.82) is 0 Å². The van der Waals surface area contributed by atoms with Crippen LogP contribution in [0.1, 0.15) is 33.3 Å². The Morgan fingerprint density at radius 1 is 1.31 bits per heavy atom. The van der Waals surface area contributed by atoms with Crippen LogP contribution in [0.2, 0.25) is 0 Å². The van der Waals surface area contributed by atoms with Gasteiger partial charge in [0.1, 0.15) is 17.2 Å². The second-order valence-corrected chi connectivity index (χ2v) is 9.19. The van der Waals surface area contributed by atoms with Crippen molar-refractivity contribution in [2.24, 2.45) is 4.99 Å². The number of nitrogens with zero attached hydrogens (tertiary/aromatic N) is 2. The average Bonchev–Trinajstić information content (AvgIpc) is 2.41. The SMILES string of the molecule is CN1/C(=N\C(=O)OC(C)(C)C)N[C@](C)(c2c(F)cccc2F)CS1(=O)=O. The van der Waals surface area contributed by atoms with Gasteiger partial charge >= 0.3 is 6.09 Å². The van der Waals surface area contributed by atoms with E-state index < -0.39 is 50.2 Å². The molecule has 10 heteroatoms. The van der Waals surface area contributed by atoms with Crippen LogP contribution in [0, 0.1) is 11.6 Å². The molecule has 0 bridgehead atoms. The molecule has 0 radical (unpaired) electrons. The summed E-state index contributed by atoms with van der Waals surface area (Å²) < 4.78 is 59.2. The Balaban J connectivity index is 2.51. The van der Waals surface area contributed by atoms with Gasteiger partial charge in [0.05, 0.1) is 11.3 Å². The lowest BCUT2D eigenvalue weighted by Gasteiger charge is -2.40. The van der Waals surface area contributed by atoms with Gasteiger partial charge in [-0.15, -0.1) is 4.99 Å². The molecule has 1 aliphatic heterocycles. The molecule has 1 amide bonds. The van der Waals surface area contributed by atoms with Crippen LogP contribution < -0.4 is 5.32 Å². The van der Waals surface area contributed by atoms with Crippen molar-refractivity contribution in [1.82, 2.24) is 9.62 Å². The molecule has 0 saturated carbocycles. The third kappa shape index (κ3) is 4.12. The number of hydrogen-bond donors (Lipinski definition) is 1. The molecule has 1 aromatic rings. The average molecular weight is 389 g/mol. The Kier molecular flexibility index (Phi) is 5.02. The van der Waals surface area contributed by atoms with Gasteiger partial charge in [-0.3, -0.25) is 0 Å². The minimum Gasteiger partial charge on any atom is -0.442 e. The van der Waals surface area contributed by atoms with Gasteiger partial charge in [-0.25, -0.2) is 26.3 Å². The van der Waals surface area contributed by atoms with Crippen LogP contribution in [0.25, 0.3) is 0 Å². The fourth-order valence-electron chi connectivity index (χ4n) is 2.58. The maximum atomic E-state index is 14.2. The highest BCUT2D eigenvalue weighted by Crippen LogP contribution is 2.31. The summed E-state index contributed by atoms with van der Waals surface area (Å²) in [5.41, 5.74) is -2.95. The molecule has 1 fully saturated rings. The monoisotopic (exact) mass is 389 g/mol. The fourth-order valence-corrected chi connectivity index (χ4v) is 4.07. The summed E-state index contributed by atoms with van der Waals surface area (Å²) in [6.45, 7) is 6.19. The van der Waals surface area contributed by atoms with Gasteiger partial charge in [0.15, 0.2) is 0 Å². The Labute approximate surface area is 151 Å². The number of halogens is 2. The first-order valence-corrected chi connectivity index (χ1v) is 9.37. The Bertz CT molecular complexity index is 844. The molecule has 1 heterocycles. The highest BCUT2D eigenvalue weighted by molar-refractivity contribution is 7.89. The molecule has 2 rings (SSSR count). The minimum atomic E-state index is -3.99. The van der Waals surface area contributed by atoms with Gasteiger partial charge in [-0.2, -0.15) is 0 Å². The largest absolute Gasteiger partial charge is 0.442 e. The molecule has 7 nitrogen and oxygen atoms in total. The number of rotatable bonds is 1. The molecule has 26 heavy (non-hydrogen) atoms. The quantitative estimate of drug-likeness (QED) is 0.797. The molecule has 0 spiro atoms. The Morgan fingerprint density at radius 3 is 2.35 bits per heavy atom.